The molecule has 0 saturated carbocycles. The second kappa shape index (κ2) is 5.38. The Morgan fingerprint density at radius 1 is 1.20 bits per heavy atom. The lowest BCUT2D eigenvalue weighted by Gasteiger charge is -2.29. The van der Waals surface area contributed by atoms with Crippen LogP contribution < -0.4 is 5.56 Å². The SMILES string of the molecule is CC(C(=O)N1CCCCC1)n1nc2c(cc1=O)CCC2. The molecular formula is C15H21N3O2. The fourth-order valence-corrected chi connectivity index (χ4v) is 3.18. The molecule has 1 saturated heterocycles. The minimum atomic E-state index is -0.494. The molecule has 0 spiro atoms. The van der Waals surface area contributed by atoms with E-state index >= 15 is 0 Å². The zero-order valence-corrected chi connectivity index (χ0v) is 12.0. The number of piperidine rings is 1. The van der Waals surface area contributed by atoms with Crippen LogP contribution in [0.1, 0.15) is 49.9 Å². The smallest absolute Gasteiger partial charge is 0.267 e. The average Bonchev–Trinajstić information content (AvgIpc) is 2.93. The maximum atomic E-state index is 12.5. The lowest BCUT2D eigenvalue weighted by molar-refractivity contribution is -0.135. The Labute approximate surface area is 118 Å². The number of fused-ring (bicyclic) bond motifs is 1. The molecule has 1 aliphatic heterocycles. The molecular weight excluding hydrogens is 254 g/mol. The number of aromatic nitrogens is 2. The fraction of sp³-hybridized carbons (Fsp3) is 0.667. The van der Waals surface area contributed by atoms with E-state index in [1.807, 2.05) is 4.90 Å². The van der Waals surface area contributed by atoms with E-state index in [0.29, 0.717) is 0 Å². The molecule has 5 heteroatoms. The molecule has 1 fully saturated rings. The molecule has 1 amide bonds. The van der Waals surface area contributed by atoms with Crippen LogP contribution in [0.2, 0.25) is 0 Å². The van der Waals surface area contributed by atoms with Gasteiger partial charge in [-0.3, -0.25) is 9.59 Å². The summed E-state index contributed by atoms with van der Waals surface area (Å²) < 4.78 is 1.38. The van der Waals surface area contributed by atoms with Crippen molar-refractivity contribution >= 4 is 5.91 Å². The van der Waals surface area contributed by atoms with Crippen LogP contribution in [0.4, 0.5) is 0 Å². The summed E-state index contributed by atoms with van der Waals surface area (Å²) >= 11 is 0. The lowest BCUT2D eigenvalue weighted by Crippen LogP contribution is -2.42. The number of amides is 1. The van der Waals surface area contributed by atoms with E-state index in [9.17, 15) is 9.59 Å². The normalized spacial score (nSPS) is 19.8. The highest BCUT2D eigenvalue weighted by Crippen LogP contribution is 2.19. The fourth-order valence-electron chi connectivity index (χ4n) is 3.18. The largest absolute Gasteiger partial charge is 0.341 e. The van der Waals surface area contributed by atoms with Crippen molar-refractivity contribution in [3.05, 3.63) is 27.7 Å². The van der Waals surface area contributed by atoms with Gasteiger partial charge in [-0.05, 0) is 51.0 Å². The van der Waals surface area contributed by atoms with E-state index in [0.717, 1.165) is 56.5 Å². The van der Waals surface area contributed by atoms with E-state index in [-0.39, 0.29) is 11.5 Å². The number of likely N-dealkylation sites (tertiary alicyclic amines) is 1. The first-order valence-corrected chi connectivity index (χ1v) is 7.57. The first-order valence-electron chi connectivity index (χ1n) is 7.57. The van der Waals surface area contributed by atoms with Gasteiger partial charge in [-0.25, -0.2) is 4.68 Å². The zero-order chi connectivity index (χ0) is 14.1. The van der Waals surface area contributed by atoms with E-state index in [2.05, 4.69) is 5.10 Å². The summed E-state index contributed by atoms with van der Waals surface area (Å²) in [6.45, 7) is 3.40. The lowest BCUT2D eigenvalue weighted by atomic mass is 10.1. The number of aryl methyl sites for hydroxylation is 2. The third-order valence-electron chi connectivity index (χ3n) is 4.37. The summed E-state index contributed by atoms with van der Waals surface area (Å²) in [6.07, 6.45) is 6.22. The Hall–Kier alpha value is -1.65. The van der Waals surface area contributed by atoms with Gasteiger partial charge >= 0.3 is 0 Å². The molecule has 2 heterocycles. The van der Waals surface area contributed by atoms with Crippen molar-refractivity contribution in [2.45, 2.75) is 51.5 Å². The molecule has 0 N–H and O–H groups in total. The van der Waals surface area contributed by atoms with Crippen LogP contribution in [0, 0.1) is 0 Å². The zero-order valence-electron chi connectivity index (χ0n) is 12.0. The molecule has 0 radical (unpaired) electrons. The highest BCUT2D eigenvalue weighted by molar-refractivity contribution is 5.80. The van der Waals surface area contributed by atoms with Crippen molar-refractivity contribution in [3.63, 3.8) is 0 Å². The van der Waals surface area contributed by atoms with Gasteiger partial charge in [-0.1, -0.05) is 0 Å². The van der Waals surface area contributed by atoms with Gasteiger partial charge in [-0.15, -0.1) is 0 Å². The van der Waals surface area contributed by atoms with Gasteiger partial charge in [0.05, 0.1) is 5.69 Å². The second-order valence-corrected chi connectivity index (χ2v) is 5.81. The maximum Gasteiger partial charge on any atom is 0.267 e. The first kappa shape index (κ1) is 13.3. The molecule has 1 aromatic heterocycles. The predicted molar refractivity (Wildman–Crippen MR) is 75.7 cm³/mol. The van der Waals surface area contributed by atoms with Gasteiger partial charge in [0.2, 0.25) is 5.91 Å². The van der Waals surface area contributed by atoms with Crippen LogP contribution in [0.3, 0.4) is 0 Å². The van der Waals surface area contributed by atoms with E-state index in [1.54, 1.807) is 13.0 Å². The van der Waals surface area contributed by atoms with Crippen molar-refractivity contribution in [2.75, 3.05) is 13.1 Å². The van der Waals surface area contributed by atoms with Crippen LogP contribution >= 0.6 is 0 Å². The van der Waals surface area contributed by atoms with Crippen molar-refractivity contribution in [1.82, 2.24) is 14.7 Å². The minimum absolute atomic E-state index is 0.0252. The molecule has 108 valence electrons. The third kappa shape index (κ3) is 2.37. The van der Waals surface area contributed by atoms with Crippen molar-refractivity contribution in [1.29, 1.82) is 0 Å². The third-order valence-corrected chi connectivity index (χ3v) is 4.37. The first-order chi connectivity index (χ1) is 9.66. The van der Waals surface area contributed by atoms with Crippen molar-refractivity contribution < 1.29 is 4.79 Å². The summed E-state index contributed by atoms with van der Waals surface area (Å²) in [4.78, 5) is 26.5. The Balaban J connectivity index is 1.84. The van der Waals surface area contributed by atoms with Crippen LogP contribution in [0.15, 0.2) is 10.9 Å². The van der Waals surface area contributed by atoms with Gasteiger partial charge in [-0.2, -0.15) is 5.10 Å². The van der Waals surface area contributed by atoms with Gasteiger partial charge in [0.25, 0.3) is 5.56 Å². The molecule has 0 aromatic carbocycles. The summed E-state index contributed by atoms with van der Waals surface area (Å²) in [5.74, 6) is 0.0252. The van der Waals surface area contributed by atoms with Gasteiger partial charge < -0.3 is 4.90 Å². The van der Waals surface area contributed by atoms with Crippen LogP contribution in [0.5, 0.6) is 0 Å². The Bertz CT molecular complexity index is 573. The van der Waals surface area contributed by atoms with Gasteiger partial charge in [0, 0.05) is 19.2 Å². The molecule has 2 aliphatic rings. The number of hydrogen-bond donors (Lipinski definition) is 0. The molecule has 1 aromatic rings. The Morgan fingerprint density at radius 2 is 1.95 bits per heavy atom. The summed E-state index contributed by atoms with van der Waals surface area (Å²) in [7, 11) is 0. The monoisotopic (exact) mass is 275 g/mol. The average molecular weight is 275 g/mol. The maximum absolute atomic E-state index is 12.5. The number of hydrogen-bond acceptors (Lipinski definition) is 3. The Kier molecular flexibility index (Phi) is 3.59. The number of carbonyl (C=O) groups is 1. The van der Waals surface area contributed by atoms with E-state index in [1.165, 1.54) is 11.1 Å². The standard InChI is InChI=1S/C15H21N3O2/c1-11(15(20)17-8-3-2-4-9-17)18-14(19)10-12-6-5-7-13(12)16-18/h10-11H,2-9H2,1H3. The highest BCUT2D eigenvalue weighted by atomic mass is 16.2. The molecule has 1 unspecified atom stereocenters. The van der Waals surface area contributed by atoms with Crippen LogP contribution in [-0.4, -0.2) is 33.7 Å². The minimum Gasteiger partial charge on any atom is -0.341 e. The van der Waals surface area contributed by atoms with Gasteiger partial charge in [0.15, 0.2) is 0 Å². The summed E-state index contributed by atoms with van der Waals surface area (Å²) in [6, 6.07) is 1.17. The number of rotatable bonds is 2. The molecule has 3 rings (SSSR count). The molecule has 20 heavy (non-hydrogen) atoms. The quantitative estimate of drug-likeness (QED) is 0.817. The summed E-state index contributed by atoms with van der Waals surface area (Å²) in [5.41, 5.74) is 1.90. The van der Waals surface area contributed by atoms with E-state index in [4.69, 9.17) is 0 Å². The molecule has 5 nitrogen and oxygen atoms in total. The molecule has 0 bridgehead atoms. The summed E-state index contributed by atoms with van der Waals surface area (Å²) in [5, 5.41) is 4.43. The van der Waals surface area contributed by atoms with E-state index < -0.39 is 6.04 Å². The van der Waals surface area contributed by atoms with Crippen LogP contribution in [0.25, 0.3) is 0 Å². The molecule has 1 aliphatic carbocycles. The Morgan fingerprint density at radius 3 is 2.70 bits per heavy atom. The topological polar surface area (TPSA) is 55.2 Å². The highest BCUT2D eigenvalue weighted by Gasteiger charge is 2.26. The number of nitrogens with zero attached hydrogens (tertiary/aromatic N) is 3. The second-order valence-electron chi connectivity index (χ2n) is 5.81. The van der Waals surface area contributed by atoms with Crippen molar-refractivity contribution in [2.24, 2.45) is 0 Å². The number of carbonyl (C=O) groups excluding carboxylic acids is 1. The van der Waals surface area contributed by atoms with Crippen LogP contribution in [-0.2, 0) is 17.6 Å². The predicted octanol–water partition coefficient (Wildman–Crippen LogP) is 1.31. The molecule has 1 atom stereocenters. The van der Waals surface area contributed by atoms with Crippen molar-refractivity contribution in [3.8, 4) is 0 Å². The van der Waals surface area contributed by atoms with Gasteiger partial charge in [0.1, 0.15) is 6.04 Å².